The fourth-order valence-corrected chi connectivity index (χ4v) is 1.66. The Morgan fingerprint density at radius 3 is 3.06 bits per heavy atom. The quantitative estimate of drug-likeness (QED) is 0.507. The Labute approximate surface area is 104 Å². The number of carbonyl (C=O) groups is 1. The SMILES string of the molecule is CSCC[C@H](O)C(=O)NCCc1nc(N)n[nH]1. The molecule has 0 saturated heterocycles. The van der Waals surface area contributed by atoms with E-state index < -0.39 is 6.10 Å². The number of H-pyrrole nitrogens is 1. The van der Waals surface area contributed by atoms with Crippen LogP contribution in [-0.2, 0) is 11.2 Å². The highest BCUT2D eigenvalue weighted by atomic mass is 32.2. The molecule has 0 bridgehead atoms. The first-order valence-electron chi connectivity index (χ1n) is 5.25. The van der Waals surface area contributed by atoms with Crippen molar-refractivity contribution in [1.29, 1.82) is 0 Å². The number of nitrogen functional groups attached to an aromatic ring is 1. The monoisotopic (exact) mass is 259 g/mol. The van der Waals surface area contributed by atoms with E-state index >= 15 is 0 Å². The Morgan fingerprint density at radius 2 is 2.47 bits per heavy atom. The minimum Gasteiger partial charge on any atom is -0.383 e. The van der Waals surface area contributed by atoms with E-state index in [0.717, 1.165) is 5.75 Å². The van der Waals surface area contributed by atoms with Gasteiger partial charge in [-0.2, -0.15) is 16.7 Å². The summed E-state index contributed by atoms with van der Waals surface area (Å²) in [6.45, 7) is 0.393. The van der Waals surface area contributed by atoms with Gasteiger partial charge in [0.1, 0.15) is 11.9 Å². The number of aliphatic hydroxyl groups excluding tert-OH is 1. The molecule has 96 valence electrons. The molecule has 0 unspecified atom stereocenters. The smallest absolute Gasteiger partial charge is 0.248 e. The number of anilines is 1. The van der Waals surface area contributed by atoms with Gasteiger partial charge in [0.25, 0.3) is 0 Å². The zero-order chi connectivity index (χ0) is 12.7. The lowest BCUT2D eigenvalue weighted by Gasteiger charge is -2.09. The van der Waals surface area contributed by atoms with Gasteiger partial charge in [0, 0.05) is 13.0 Å². The number of hydrogen-bond donors (Lipinski definition) is 4. The lowest BCUT2D eigenvalue weighted by Crippen LogP contribution is -2.36. The summed E-state index contributed by atoms with van der Waals surface area (Å²) in [5.74, 6) is 1.20. The number of nitrogens with zero attached hydrogens (tertiary/aromatic N) is 2. The van der Waals surface area contributed by atoms with Crippen LogP contribution in [0.5, 0.6) is 0 Å². The van der Waals surface area contributed by atoms with Crippen molar-refractivity contribution in [3.63, 3.8) is 0 Å². The predicted octanol–water partition coefficient (Wildman–Crippen LogP) is -0.840. The highest BCUT2D eigenvalue weighted by molar-refractivity contribution is 7.98. The molecule has 1 atom stereocenters. The molecule has 1 aromatic heterocycles. The van der Waals surface area contributed by atoms with E-state index in [1.807, 2.05) is 6.26 Å². The van der Waals surface area contributed by atoms with Crippen molar-refractivity contribution in [3.05, 3.63) is 5.82 Å². The molecule has 8 heteroatoms. The van der Waals surface area contributed by atoms with Crippen LogP contribution in [-0.4, -0.2) is 50.9 Å². The lowest BCUT2D eigenvalue weighted by atomic mass is 10.2. The summed E-state index contributed by atoms with van der Waals surface area (Å²) >= 11 is 1.59. The molecule has 1 heterocycles. The van der Waals surface area contributed by atoms with Gasteiger partial charge in [-0.25, -0.2) is 0 Å². The first-order valence-corrected chi connectivity index (χ1v) is 6.64. The number of aliphatic hydroxyl groups is 1. The molecule has 0 aromatic carbocycles. The van der Waals surface area contributed by atoms with E-state index in [0.29, 0.717) is 25.2 Å². The molecule has 7 nitrogen and oxygen atoms in total. The summed E-state index contributed by atoms with van der Waals surface area (Å²) < 4.78 is 0. The van der Waals surface area contributed by atoms with Gasteiger partial charge in [-0.05, 0) is 18.4 Å². The third kappa shape index (κ3) is 5.05. The van der Waals surface area contributed by atoms with E-state index in [9.17, 15) is 9.90 Å². The van der Waals surface area contributed by atoms with E-state index in [1.54, 1.807) is 11.8 Å². The van der Waals surface area contributed by atoms with Gasteiger partial charge in [0.15, 0.2) is 0 Å². The molecular formula is C9H17N5O2S. The van der Waals surface area contributed by atoms with Crippen LogP contribution in [0.3, 0.4) is 0 Å². The van der Waals surface area contributed by atoms with Crippen LogP contribution in [0, 0.1) is 0 Å². The first kappa shape index (κ1) is 13.8. The maximum Gasteiger partial charge on any atom is 0.248 e. The van der Waals surface area contributed by atoms with Gasteiger partial charge in [-0.1, -0.05) is 0 Å². The Bertz CT molecular complexity index is 357. The molecule has 1 rings (SSSR count). The number of nitrogens with one attached hydrogen (secondary N) is 2. The summed E-state index contributed by atoms with van der Waals surface area (Å²) in [5, 5.41) is 18.4. The van der Waals surface area contributed by atoms with Crippen molar-refractivity contribution in [2.45, 2.75) is 18.9 Å². The van der Waals surface area contributed by atoms with Gasteiger partial charge < -0.3 is 16.2 Å². The summed E-state index contributed by atoms with van der Waals surface area (Å²) in [7, 11) is 0. The summed E-state index contributed by atoms with van der Waals surface area (Å²) in [5.41, 5.74) is 5.33. The number of aromatic nitrogens is 3. The second kappa shape index (κ2) is 7.13. The van der Waals surface area contributed by atoms with E-state index in [1.165, 1.54) is 0 Å². The van der Waals surface area contributed by atoms with Crippen LogP contribution in [0.4, 0.5) is 5.95 Å². The highest BCUT2D eigenvalue weighted by Crippen LogP contribution is 2.00. The largest absolute Gasteiger partial charge is 0.383 e. The number of carbonyl (C=O) groups excluding carboxylic acids is 1. The first-order chi connectivity index (χ1) is 8.13. The molecule has 0 fully saturated rings. The van der Waals surface area contributed by atoms with E-state index in [4.69, 9.17) is 5.73 Å². The molecule has 1 aromatic rings. The average Bonchev–Trinajstić information content (AvgIpc) is 2.71. The van der Waals surface area contributed by atoms with Crippen LogP contribution in [0.15, 0.2) is 0 Å². The Kier molecular flexibility index (Phi) is 5.78. The summed E-state index contributed by atoms with van der Waals surface area (Å²) in [6, 6.07) is 0. The van der Waals surface area contributed by atoms with E-state index in [2.05, 4.69) is 20.5 Å². The molecule has 0 aliphatic heterocycles. The molecule has 5 N–H and O–H groups in total. The minimum absolute atomic E-state index is 0.186. The third-order valence-electron chi connectivity index (χ3n) is 2.11. The number of thioether (sulfide) groups is 1. The van der Waals surface area contributed by atoms with Gasteiger partial charge in [0.05, 0.1) is 0 Å². The van der Waals surface area contributed by atoms with Gasteiger partial charge in [-0.15, -0.1) is 5.10 Å². The number of hydrogen-bond acceptors (Lipinski definition) is 6. The topological polar surface area (TPSA) is 117 Å². The Morgan fingerprint density at radius 1 is 1.71 bits per heavy atom. The van der Waals surface area contributed by atoms with Crippen molar-refractivity contribution in [2.75, 3.05) is 24.3 Å². The fraction of sp³-hybridized carbons (Fsp3) is 0.667. The second-order valence-electron chi connectivity index (χ2n) is 3.48. The standard InChI is InChI=1S/C9H17N5O2S/c1-17-5-3-6(15)8(16)11-4-2-7-12-9(10)14-13-7/h6,15H,2-5H2,1H3,(H,11,16)(H3,10,12,13,14)/t6-/m0/s1. The maximum absolute atomic E-state index is 11.4. The molecule has 0 radical (unpaired) electrons. The Hall–Kier alpha value is -1.28. The zero-order valence-corrected chi connectivity index (χ0v) is 10.5. The van der Waals surface area contributed by atoms with Crippen molar-refractivity contribution in [3.8, 4) is 0 Å². The second-order valence-corrected chi connectivity index (χ2v) is 4.46. The molecule has 1 amide bonds. The van der Waals surface area contributed by atoms with Crippen LogP contribution in [0.2, 0.25) is 0 Å². The van der Waals surface area contributed by atoms with Crippen LogP contribution < -0.4 is 11.1 Å². The summed E-state index contributed by atoms with van der Waals surface area (Å²) in [6.07, 6.45) is 1.95. The fourth-order valence-electron chi connectivity index (χ4n) is 1.20. The average molecular weight is 259 g/mol. The van der Waals surface area contributed by atoms with Crippen LogP contribution >= 0.6 is 11.8 Å². The van der Waals surface area contributed by atoms with Gasteiger partial charge >= 0.3 is 0 Å². The highest BCUT2D eigenvalue weighted by Gasteiger charge is 2.13. The van der Waals surface area contributed by atoms with Crippen molar-refractivity contribution < 1.29 is 9.90 Å². The molecule has 0 aliphatic rings. The van der Waals surface area contributed by atoms with Crippen molar-refractivity contribution in [2.24, 2.45) is 0 Å². The van der Waals surface area contributed by atoms with Gasteiger partial charge in [-0.3, -0.25) is 9.89 Å². The van der Waals surface area contributed by atoms with E-state index in [-0.39, 0.29) is 11.9 Å². The molecule has 0 saturated carbocycles. The molecular weight excluding hydrogens is 242 g/mol. The number of amides is 1. The van der Waals surface area contributed by atoms with Gasteiger partial charge in [0.2, 0.25) is 11.9 Å². The lowest BCUT2D eigenvalue weighted by molar-refractivity contribution is -0.129. The number of nitrogens with two attached hydrogens (primary N) is 1. The number of rotatable bonds is 7. The third-order valence-corrected chi connectivity index (χ3v) is 2.75. The summed E-state index contributed by atoms with van der Waals surface area (Å²) in [4.78, 5) is 15.3. The van der Waals surface area contributed by atoms with Crippen LogP contribution in [0.1, 0.15) is 12.2 Å². The van der Waals surface area contributed by atoms with Crippen molar-refractivity contribution >= 4 is 23.6 Å². The Balaban J connectivity index is 2.19. The zero-order valence-electron chi connectivity index (χ0n) is 9.64. The normalized spacial score (nSPS) is 12.4. The molecule has 0 spiro atoms. The molecule has 17 heavy (non-hydrogen) atoms. The maximum atomic E-state index is 11.4. The molecule has 0 aliphatic carbocycles. The predicted molar refractivity (Wildman–Crippen MR) is 66.5 cm³/mol. The minimum atomic E-state index is -0.942. The van der Waals surface area contributed by atoms with Crippen molar-refractivity contribution in [1.82, 2.24) is 20.5 Å². The van der Waals surface area contributed by atoms with Crippen LogP contribution in [0.25, 0.3) is 0 Å². The number of aromatic amines is 1.